The van der Waals surface area contributed by atoms with Gasteiger partial charge in [0.15, 0.2) is 5.82 Å². The molecule has 3 aromatic heterocycles. The Morgan fingerprint density at radius 2 is 1.67 bits per heavy atom. The first-order valence-electron chi connectivity index (χ1n) is 12.1. The SMILES string of the molecule is CCc1c(-c2ccc(NC(C)=O)cc2)sc2c1c(=O)n(-c1ccc(C)nn1)c(=O)n2Cc1c(F)cccc1F. The highest BCUT2D eigenvalue weighted by Crippen LogP contribution is 2.38. The average molecular weight is 548 g/mol. The van der Waals surface area contributed by atoms with Crippen LogP contribution in [-0.2, 0) is 17.8 Å². The molecule has 0 saturated heterocycles. The number of nitrogens with zero attached hydrogens (tertiary/aromatic N) is 4. The van der Waals surface area contributed by atoms with E-state index in [-0.39, 0.29) is 22.7 Å². The monoisotopic (exact) mass is 547 g/mol. The zero-order chi connectivity index (χ0) is 27.8. The number of hydrogen-bond donors (Lipinski definition) is 1. The summed E-state index contributed by atoms with van der Waals surface area (Å²) in [6, 6.07) is 13.7. The maximum atomic E-state index is 14.7. The number of halogens is 2. The molecule has 11 heteroatoms. The van der Waals surface area contributed by atoms with Gasteiger partial charge in [0.2, 0.25) is 5.91 Å². The summed E-state index contributed by atoms with van der Waals surface area (Å²) >= 11 is 1.19. The zero-order valence-corrected chi connectivity index (χ0v) is 22.1. The number of thiophene rings is 1. The molecule has 0 spiro atoms. The van der Waals surface area contributed by atoms with Crippen molar-refractivity contribution in [3.63, 3.8) is 0 Å². The lowest BCUT2D eigenvalue weighted by atomic mass is 10.0. The van der Waals surface area contributed by atoms with E-state index in [1.807, 2.05) is 6.92 Å². The van der Waals surface area contributed by atoms with Crippen LogP contribution in [0.1, 0.15) is 30.7 Å². The number of benzene rings is 2. The Bertz CT molecular complexity index is 1820. The number of carbonyl (C=O) groups is 1. The van der Waals surface area contributed by atoms with Crippen molar-refractivity contribution in [1.29, 1.82) is 0 Å². The van der Waals surface area contributed by atoms with Crippen LogP contribution in [0.25, 0.3) is 26.5 Å². The van der Waals surface area contributed by atoms with Crippen LogP contribution < -0.4 is 16.6 Å². The number of aromatic nitrogens is 4. The molecule has 0 saturated carbocycles. The van der Waals surface area contributed by atoms with Crippen LogP contribution in [0.4, 0.5) is 14.5 Å². The van der Waals surface area contributed by atoms with Crippen LogP contribution in [0.5, 0.6) is 0 Å². The lowest BCUT2D eigenvalue weighted by Crippen LogP contribution is -2.39. The molecule has 2 aromatic carbocycles. The first-order valence-corrected chi connectivity index (χ1v) is 12.9. The van der Waals surface area contributed by atoms with E-state index in [4.69, 9.17) is 0 Å². The first kappa shape index (κ1) is 26.1. The van der Waals surface area contributed by atoms with E-state index in [1.54, 1.807) is 37.3 Å². The summed E-state index contributed by atoms with van der Waals surface area (Å²) in [6.45, 7) is 4.59. The summed E-state index contributed by atoms with van der Waals surface area (Å²) in [6.07, 6.45) is 0.448. The smallest absolute Gasteiger partial charge is 0.326 e. The van der Waals surface area contributed by atoms with E-state index in [0.29, 0.717) is 28.2 Å². The number of rotatable bonds is 6. The molecule has 8 nitrogen and oxygen atoms in total. The van der Waals surface area contributed by atoms with E-state index in [1.165, 1.54) is 35.0 Å². The predicted molar refractivity (Wildman–Crippen MR) is 147 cm³/mol. The highest BCUT2D eigenvalue weighted by atomic mass is 32.1. The molecule has 3 heterocycles. The maximum absolute atomic E-state index is 14.7. The molecule has 0 atom stereocenters. The Kier molecular flexibility index (Phi) is 6.92. The van der Waals surface area contributed by atoms with Crippen molar-refractivity contribution >= 4 is 33.1 Å². The minimum absolute atomic E-state index is 0.00900. The number of hydrogen-bond acceptors (Lipinski definition) is 6. The fourth-order valence-electron chi connectivity index (χ4n) is 4.44. The molecule has 39 heavy (non-hydrogen) atoms. The van der Waals surface area contributed by atoms with Crippen molar-refractivity contribution in [2.24, 2.45) is 0 Å². The molecule has 1 N–H and O–H groups in total. The van der Waals surface area contributed by atoms with E-state index in [2.05, 4.69) is 15.5 Å². The van der Waals surface area contributed by atoms with Crippen LogP contribution >= 0.6 is 11.3 Å². The van der Waals surface area contributed by atoms with Gasteiger partial charge in [-0.15, -0.1) is 16.4 Å². The second kappa shape index (κ2) is 10.3. The molecule has 0 aliphatic rings. The number of fused-ring (bicyclic) bond motifs is 1. The Labute approximate surface area is 225 Å². The average Bonchev–Trinajstić information content (AvgIpc) is 3.29. The van der Waals surface area contributed by atoms with Gasteiger partial charge in [-0.3, -0.25) is 14.2 Å². The van der Waals surface area contributed by atoms with E-state index in [9.17, 15) is 23.2 Å². The minimum Gasteiger partial charge on any atom is -0.326 e. The standard InChI is InChI=1S/C28H23F2N5O3S/c1-4-19-24-26(37)35(23-13-8-15(2)32-33-23)28(38)34(14-20-21(29)6-5-7-22(20)30)27(24)39-25(19)17-9-11-18(12-10-17)31-16(3)36/h5-13H,4,14H2,1-3H3,(H,31,36). The van der Waals surface area contributed by atoms with Gasteiger partial charge in [0.1, 0.15) is 16.5 Å². The molecule has 0 fully saturated rings. The highest BCUT2D eigenvalue weighted by molar-refractivity contribution is 7.22. The van der Waals surface area contributed by atoms with Gasteiger partial charge in [0.25, 0.3) is 5.56 Å². The lowest BCUT2D eigenvalue weighted by molar-refractivity contribution is -0.114. The Morgan fingerprint density at radius 3 is 2.26 bits per heavy atom. The first-order chi connectivity index (χ1) is 18.7. The van der Waals surface area contributed by atoms with Gasteiger partial charge < -0.3 is 5.32 Å². The quantitative estimate of drug-likeness (QED) is 0.329. The second-order valence-electron chi connectivity index (χ2n) is 8.94. The maximum Gasteiger partial charge on any atom is 0.338 e. The summed E-state index contributed by atoms with van der Waals surface area (Å²) < 4.78 is 31.5. The summed E-state index contributed by atoms with van der Waals surface area (Å²) in [5, 5.41) is 11.0. The van der Waals surface area contributed by atoms with Crippen molar-refractivity contribution in [3.8, 4) is 16.3 Å². The van der Waals surface area contributed by atoms with Crippen LogP contribution in [0, 0.1) is 18.6 Å². The molecule has 0 bridgehead atoms. The van der Waals surface area contributed by atoms with Gasteiger partial charge in [0.05, 0.1) is 17.6 Å². The molecule has 0 aliphatic heterocycles. The lowest BCUT2D eigenvalue weighted by Gasteiger charge is -2.13. The van der Waals surface area contributed by atoms with E-state index in [0.717, 1.165) is 27.1 Å². The minimum atomic E-state index is -0.802. The van der Waals surface area contributed by atoms with Crippen LogP contribution in [0.15, 0.2) is 64.2 Å². The van der Waals surface area contributed by atoms with Crippen molar-refractivity contribution in [2.75, 3.05) is 5.32 Å². The van der Waals surface area contributed by atoms with Crippen molar-refractivity contribution in [3.05, 3.63) is 104 Å². The second-order valence-corrected chi connectivity index (χ2v) is 9.94. The molecule has 0 aliphatic carbocycles. The molecular weight excluding hydrogens is 524 g/mol. The third-order valence-electron chi connectivity index (χ3n) is 6.28. The molecule has 1 amide bonds. The summed E-state index contributed by atoms with van der Waals surface area (Å²) in [5.41, 5.74) is 0.975. The van der Waals surface area contributed by atoms with Crippen LogP contribution in [-0.4, -0.2) is 25.2 Å². The molecule has 198 valence electrons. The Hall–Kier alpha value is -4.51. The van der Waals surface area contributed by atoms with Gasteiger partial charge >= 0.3 is 5.69 Å². The largest absolute Gasteiger partial charge is 0.338 e. The third kappa shape index (κ3) is 4.76. The summed E-state index contributed by atoms with van der Waals surface area (Å²) in [7, 11) is 0. The Morgan fingerprint density at radius 1 is 0.974 bits per heavy atom. The summed E-state index contributed by atoms with van der Waals surface area (Å²) in [5.74, 6) is -1.80. The molecule has 5 aromatic rings. The number of nitrogens with one attached hydrogen (secondary N) is 1. The number of anilines is 1. The highest BCUT2D eigenvalue weighted by Gasteiger charge is 2.24. The number of amides is 1. The fraction of sp³-hybridized carbons (Fsp3) is 0.179. The van der Waals surface area contributed by atoms with Gasteiger partial charge in [-0.05, 0) is 60.9 Å². The number of aryl methyl sites for hydroxylation is 2. The van der Waals surface area contributed by atoms with Crippen molar-refractivity contribution in [1.82, 2.24) is 19.3 Å². The normalized spacial score (nSPS) is 11.2. The molecular formula is C28H23F2N5O3S. The van der Waals surface area contributed by atoms with E-state index >= 15 is 0 Å². The molecule has 0 unspecified atom stereocenters. The molecule has 5 rings (SSSR count). The Balaban J connectivity index is 1.82. The van der Waals surface area contributed by atoms with Crippen molar-refractivity contribution < 1.29 is 13.6 Å². The topological polar surface area (TPSA) is 98.9 Å². The number of carbonyl (C=O) groups excluding carboxylic acids is 1. The van der Waals surface area contributed by atoms with Crippen LogP contribution in [0.2, 0.25) is 0 Å². The van der Waals surface area contributed by atoms with Crippen LogP contribution in [0.3, 0.4) is 0 Å². The van der Waals surface area contributed by atoms with Crippen molar-refractivity contribution in [2.45, 2.75) is 33.7 Å². The van der Waals surface area contributed by atoms with Gasteiger partial charge in [-0.25, -0.2) is 18.1 Å². The van der Waals surface area contributed by atoms with Gasteiger partial charge in [-0.2, -0.15) is 5.10 Å². The molecule has 0 radical (unpaired) electrons. The van der Waals surface area contributed by atoms with E-state index < -0.39 is 29.4 Å². The van der Waals surface area contributed by atoms with Gasteiger partial charge in [-0.1, -0.05) is 25.1 Å². The zero-order valence-electron chi connectivity index (χ0n) is 21.3. The predicted octanol–water partition coefficient (Wildman–Crippen LogP) is 4.83. The fourth-order valence-corrected chi connectivity index (χ4v) is 5.82. The summed E-state index contributed by atoms with van der Waals surface area (Å²) in [4.78, 5) is 40.1. The van der Waals surface area contributed by atoms with Gasteiger partial charge in [0, 0.05) is 23.1 Å². The third-order valence-corrected chi connectivity index (χ3v) is 7.59.